The van der Waals surface area contributed by atoms with Crippen molar-refractivity contribution in [3.05, 3.63) is 0 Å². The Morgan fingerprint density at radius 1 is 0.527 bits per heavy atom. The summed E-state index contributed by atoms with van der Waals surface area (Å²) in [6, 6.07) is -0.376. The minimum absolute atomic E-state index is 0.0298. The first kappa shape index (κ1) is 47.7. The molecule has 2 heterocycles. The minimum Gasteiger partial charge on any atom is -0.447 e. The molecule has 0 aromatic carbocycles. The van der Waals surface area contributed by atoms with Gasteiger partial charge in [-0.25, -0.2) is 19.2 Å². The molecule has 0 saturated carbocycles. The maximum atomic E-state index is 13.2. The Balaban J connectivity index is 1.55. The Bertz CT molecular complexity index is 1050. The van der Waals surface area contributed by atoms with Gasteiger partial charge in [0.05, 0.1) is 33.0 Å². The van der Waals surface area contributed by atoms with Gasteiger partial charge in [0.25, 0.3) is 0 Å². The zero-order valence-electron chi connectivity index (χ0n) is 33.2. The van der Waals surface area contributed by atoms with E-state index in [0.717, 1.165) is 90.1 Å². The zero-order chi connectivity index (χ0) is 39.6. The van der Waals surface area contributed by atoms with Crippen LogP contribution in [0.1, 0.15) is 110 Å². The van der Waals surface area contributed by atoms with E-state index in [1.807, 2.05) is 0 Å². The monoisotopic (exact) mass is 787 g/mol. The molecule has 2 aliphatic rings. The molecule has 2 fully saturated rings. The van der Waals surface area contributed by atoms with Gasteiger partial charge in [0.15, 0.2) is 0 Å². The fourth-order valence-electron chi connectivity index (χ4n) is 5.20. The molecule has 55 heavy (non-hydrogen) atoms. The lowest BCUT2D eigenvalue weighted by molar-refractivity contribution is -0.128. The second-order valence-electron chi connectivity index (χ2n) is 13.7. The Hall–Kier alpha value is -3.41. The first-order valence-corrected chi connectivity index (χ1v) is 20.6. The number of ether oxygens (including phenoxy) is 7. The second kappa shape index (κ2) is 32.8. The van der Waals surface area contributed by atoms with Gasteiger partial charge in [0.1, 0.15) is 32.0 Å². The molecule has 6 amide bonds. The fraction of sp³-hybridized carbons (Fsp3) is 0.868. The lowest BCUT2D eigenvalue weighted by atomic mass is 10.1. The summed E-state index contributed by atoms with van der Waals surface area (Å²) in [6.07, 6.45) is 11.7. The molecule has 318 valence electrons. The summed E-state index contributed by atoms with van der Waals surface area (Å²) < 4.78 is 36.0. The summed E-state index contributed by atoms with van der Waals surface area (Å²) in [6.45, 7) is 8.51. The highest BCUT2D eigenvalue weighted by atomic mass is 16.6. The molecule has 2 saturated heterocycles. The van der Waals surface area contributed by atoms with Crippen LogP contribution in [0.5, 0.6) is 0 Å². The third-order valence-electron chi connectivity index (χ3n) is 8.69. The van der Waals surface area contributed by atoms with Gasteiger partial charge < -0.3 is 54.4 Å². The van der Waals surface area contributed by atoms with E-state index in [2.05, 4.69) is 28.2 Å². The number of nitrogens with zero attached hydrogens (tertiary/aromatic N) is 1. The number of epoxide rings is 2. The third kappa shape index (κ3) is 29.5. The summed E-state index contributed by atoms with van der Waals surface area (Å²) in [4.78, 5) is 62.7. The van der Waals surface area contributed by atoms with Crippen LogP contribution in [0.3, 0.4) is 0 Å². The van der Waals surface area contributed by atoms with Crippen molar-refractivity contribution in [1.29, 1.82) is 0 Å². The number of nitrogens with one attached hydrogen (secondary N) is 4. The van der Waals surface area contributed by atoms with Crippen LogP contribution < -0.4 is 21.3 Å². The van der Waals surface area contributed by atoms with E-state index in [-0.39, 0.29) is 50.4 Å². The van der Waals surface area contributed by atoms with Crippen LogP contribution in [0.25, 0.3) is 0 Å². The fourth-order valence-corrected chi connectivity index (χ4v) is 5.20. The van der Waals surface area contributed by atoms with Crippen molar-refractivity contribution >= 4 is 30.2 Å². The normalized spacial score (nSPS) is 15.4. The highest BCUT2D eigenvalue weighted by molar-refractivity contribution is 5.94. The van der Waals surface area contributed by atoms with Crippen molar-refractivity contribution in [1.82, 2.24) is 26.2 Å². The summed E-state index contributed by atoms with van der Waals surface area (Å²) in [5, 5.41) is 11.1. The second-order valence-corrected chi connectivity index (χ2v) is 13.7. The van der Waals surface area contributed by atoms with E-state index >= 15 is 0 Å². The molecule has 0 aromatic heterocycles. The van der Waals surface area contributed by atoms with Crippen molar-refractivity contribution in [2.75, 3.05) is 92.2 Å². The summed E-state index contributed by atoms with van der Waals surface area (Å²) in [5.74, 6) is -0.190. The predicted molar refractivity (Wildman–Crippen MR) is 204 cm³/mol. The molecular weight excluding hydrogens is 718 g/mol. The maximum Gasteiger partial charge on any atom is 0.407 e. The van der Waals surface area contributed by atoms with Gasteiger partial charge in [0, 0.05) is 45.8 Å². The largest absolute Gasteiger partial charge is 0.447 e. The number of hydrogen-bond acceptors (Lipinski definition) is 12. The van der Waals surface area contributed by atoms with Crippen molar-refractivity contribution in [2.24, 2.45) is 0 Å². The summed E-state index contributed by atoms with van der Waals surface area (Å²) in [7, 11) is 0. The predicted octanol–water partition coefficient (Wildman–Crippen LogP) is 4.80. The van der Waals surface area contributed by atoms with Crippen molar-refractivity contribution in [2.45, 2.75) is 122 Å². The van der Waals surface area contributed by atoms with Crippen LogP contribution in [-0.4, -0.2) is 140 Å². The molecule has 0 bridgehead atoms. The number of urea groups is 1. The molecule has 0 spiro atoms. The van der Waals surface area contributed by atoms with Crippen LogP contribution in [0, 0.1) is 0 Å². The van der Waals surface area contributed by atoms with Crippen LogP contribution in [0.2, 0.25) is 0 Å². The van der Waals surface area contributed by atoms with E-state index < -0.39 is 18.3 Å². The molecule has 0 aromatic rings. The van der Waals surface area contributed by atoms with E-state index in [1.54, 1.807) is 0 Å². The maximum absolute atomic E-state index is 13.2. The van der Waals surface area contributed by atoms with Crippen molar-refractivity contribution in [3.63, 3.8) is 0 Å². The Labute approximate surface area is 327 Å². The standard InChI is InChI=1S/C38H69N5O12/c1-2-3-23-49-24-25-50-26-27-51-36(46)40-19-13-6-4-5-11-17-34(44)43(22-16-10-9-15-21-42-38(48)55-31-33-29-53-33)35(45)39-18-12-7-8-14-20-41-37(47)54-30-32-28-52-32/h32-33H,2-31H2,1H3,(H,39,45)(H,40,46)(H,41,47)(H,42,48). The first-order chi connectivity index (χ1) is 26.9. The van der Waals surface area contributed by atoms with Gasteiger partial charge in [0.2, 0.25) is 5.91 Å². The lowest BCUT2D eigenvalue weighted by Crippen LogP contribution is -2.44. The number of alkyl carbamates (subject to hydrolysis) is 3. The topological polar surface area (TPSA) is 208 Å². The van der Waals surface area contributed by atoms with Crippen LogP contribution in [0.15, 0.2) is 0 Å². The molecule has 0 radical (unpaired) electrons. The van der Waals surface area contributed by atoms with E-state index in [1.165, 1.54) is 4.90 Å². The van der Waals surface area contributed by atoms with Crippen molar-refractivity contribution in [3.8, 4) is 0 Å². The smallest absolute Gasteiger partial charge is 0.407 e. The van der Waals surface area contributed by atoms with Gasteiger partial charge in [-0.1, -0.05) is 58.3 Å². The van der Waals surface area contributed by atoms with E-state index in [4.69, 9.17) is 33.2 Å². The van der Waals surface area contributed by atoms with Gasteiger partial charge in [-0.2, -0.15) is 0 Å². The molecule has 17 heteroatoms. The first-order valence-electron chi connectivity index (χ1n) is 20.6. The number of hydrogen-bond donors (Lipinski definition) is 4. The lowest BCUT2D eigenvalue weighted by Gasteiger charge is -2.21. The number of carbonyl (C=O) groups excluding carboxylic acids is 5. The van der Waals surface area contributed by atoms with Gasteiger partial charge in [-0.15, -0.1) is 0 Å². The Morgan fingerprint density at radius 3 is 1.49 bits per heavy atom. The Kier molecular flexibility index (Phi) is 28.5. The van der Waals surface area contributed by atoms with Crippen LogP contribution in [0.4, 0.5) is 19.2 Å². The molecule has 2 aliphatic heterocycles. The van der Waals surface area contributed by atoms with Crippen LogP contribution in [-0.2, 0) is 38.0 Å². The van der Waals surface area contributed by atoms with Crippen LogP contribution >= 0.6 is 0 Å². The summed E-state index contributed by atoms with van der Waals surface area (Å²) >= 11 is 0. The van der Waals surface area contributed by atoms with Gasteiger partial charge >= 0.3 is 24.3 Å². The Morgan fingerprint density at radius 2 is 0.964 bits per heavy atom. The zero-order valence-corrected chi connectivity index (χ0v) is 33.2. The number of unbranched alkanes of at least 4 members (excludes halogenated alkanes) is 11. The quantitative estimate of drug-likeness (QED) is 0.0388. The molecule has 4 N–H and O–H groups in total. The number of carbonyl (C=O) groups is 5. The van der Waals surface area contributed by atoms with Gasteiger partial charge in [-0.3, -0.25) is 9.69 Å². The number of imide groups is 1. The molecule has 0 aliphatic carbocycles. The van der Waals surface area contributed by atoms with Gasteiger partial charge in [-0.05, 0) is 44.9 Å². The summed E-state index contributed by atoms with van der Waals surface area (Å²) in [5.41, 5.74) is 0. The highest BCUT2D eigenvalue weighted by Crippen LogP contribution is 2.11. The van der Waals surface area contributed by atoms with E-state index in [9.17, 15) is 24.0 Å². The molecule has 2 unspecified atom stereocenters. The van der Waals surface area contributed by atoms with E-state index in [0.29, 0.717) is 78.6 Å². The average molecular weight is 788 g/mol. The molecule has 2 atom stereocenters. The van der Waals surface area contributed by atoms with Crippen molar-refractivity contribution < 1.29 is 57.1 Å². The number of amides is 6. The molecule has 2 rings (SSSR count). The SMILES string of the molecule is CCCCOCCOCCOC(=O)NCCCCCCCC(=O)N(CCCCCCNC(=O)OCC1CO1)C(=O)NCCCCCCNC(=O)OCC1CO1. The highest BCUT2D eigenvalue weighted by Gasteiger charge is 2.25. The number of rotatable bonds is 35. The third-order valence-corrected chi connectivity index (χ3v) is 8.69. The minimum atomic E-state index is -0.463. The average Bonchev–Trinajstić information content (AvgIpc) is 4.12. The molecular formula is C38H69N5O12. The molecule has 17 nitrogen and oxygen atoms in total.